The molecule has 0 spiro atoms. The third-order valence-electron chi connectivity index (χ3n) is 3.44. The van der Waals surface area contributed by atoms with Crippen LogP contribution >= 0.6 is 0 Å². The second kappa shape index (κ2) is 9.44. The molecule has 0 atom stereocenters. The highest BCUT2D eigenvalue weighted by molar-refractivity contribution is 5.78. The molecule has 0 saturated carbocycles. The number of amides is 1. The number of halogens is 1. The van der Waals surface area contributed by atoms with E-state index in [-0.39, 0.29) is 44.6 Å². The summed E-state index contributed by atoms with van der Waals surface area (Å²) in [4.78, 5) is 13.6. The van der Waals surface area contributed by atoms with Crippen LogP contribution < -0.4 is 10.1 Å². The Morgan fingerprint density at radius 3 is 2.74 bits per heavy atom. The van der Waals surface area contributed by atoms with Crippen LogP contribution in [-0.2, 0) is 4.79 Å². The van der Waals surface area contributed by atoms with Crippen molar-refractivity contribution in [1.82, 2.24) is 10.2 Å². The highest BCUT2D eigenvalue weighted by Crippen LogP contribution is 2.13. The highest BCUT2D eigenvalue weighted by atomic mass is 19.1. The second-order valence-electron chi connectivity index (χ2n) is 5.77. The number of carbonyl (C=O) groups is 1. The molecule has 23 heavy (non-hydrogen) atoms. The predicted octanol–water partition coefficient (Wildman–Crippen LogP) is 0.386. The monoisotopic (exact) mass is 328 g/mol. The van der Waals surface area contributed by atoms with Crippen molar-refractivity contribution in [2.24, 2.45) is 0 Å². The Balaban J connectivity index is 2.35. The number of β-amino-alcohol motifs (C(OH)–C–C–N with tert-alkyl or cyclic N) is 1. The summed E-state index contributed by atoms with van der Waals surface area (Å²) in [7, 11) is 0. The fourth-order valence-corrected chi connectivity index (χ4v) is 1.96. The quantitative estimate of drug-likeness (QED) is 0.541. The number of nitrogens with zero attached hydrogens (tertiary/aromatic N) is 1. The molecule has 0 fully saturated rings. The average Bonchev–Trinajstić information content (AvgIpc) is 2.51. The van der Waals surface area contributed by atoms with Crippen LogP contribution in [0.1, 0.15) is 13.8 Å². The molecule has 0 aliphatic rings. The van der Waals surface area contributed by atoms with Gasteiger partial charge in [-0.25, -0.2) is 4.39 Å². The first kappa shape index (κ1) is 19.3. The summed E-state index contributed by atoms with van der Waals surface area (Å²) >= 11 is 0. The van der Waals surface area contributed by atoms with Crippen LogP contribution in [0.25, 0.3) is 0 Å². The molecular formula is C16H25FN2O4. The minimum atomic E-state index is -0.599. The van der Waals surface area contributed by atoms with E-state index in [0.29, 0.717) is 12.3 Å². The van der Waals surface area contributed by atoms with Crippen molar-refractivity contribution in [2.75, 3.05) is 39.5 Å². The maximum absolute atomic E-state index is 13.0. The maximum Gasteiger partial charge on any atom is 0.234 e. The van der Waals surface area contributed by atoms with Crippen LogP contribution in [0.4, 0.5) is 4.39 Å². The maximum atomic E-state index is 13.0. The van der Waals surface area contributed by atoms with Crippen molar-refractivity contribution >= 4 is 5.91 Å². The van der Waals surface area contributed by atoms with Gasteiger partial charge in [-0.05, 0) is 26.0 Å². The average molecular weight is 328 g/mol. The largest absolute Gasteiger partial charge is 0.492 e. The van der Waals surface area contributed by atoms with E-state index in [9.17, 15) is 14.3 Å². The fraction of sp³-hybridized carbons (Fsp3) is 0.562. The lowest BCUT2D eigenvalue weighted by Gasteiger charge is -2.36. The Kier molecular flexibility index (Phi) is 7.94. The molecular weight excluding hydrogens is 303 g/mol. The van der Waals surface area contributed by atoms with Crippen LogP contribution in [-0.4, -0.2) is 66.0 Å². The van der Waals surface area contributed by atoms with Gasteiger partial charge >= 0.3 is 0 Å². The van der Waals surface area contributed by atoms with Gasteiger partial charge in [-0.2, -0.15) is 0 Å². The summed E-state index contributed by atoms with van der Waals surface area (Å²) in [5, 5.41) is 21.1. The van der Waals surface area contributed by atoms with Gasteiger partial charge in [0.2, 0.25) is 5.91 Å². The molecule has 1 amide bonds. The molecule has 0 aliphatic carbocycles. The summed E-state index contributed by atoms with van der Waals surface area (Å²) in [5.74, 6) is -0.206. The summed E-state index contributed by atoms with van der Waals surface area (Å²) in [6.45, 7) is 4.23. The Labute approximate surface area is 135 Å². The fourth-order valence-electron chi connectivity index (χ4n) is 1.96. The molecule has 130 valence electrons. The number of ether oxygens (including phenoxy) is 1. The summed E-state index contributed by atoms with van der Waals surface area (Å²) < 4.78 is 18.3. The van der Waals surface area contributed by atoms with E-state index in [1.807, 2.05) is 0 Å². The number of nitrogens with one attached hydrogen (secondary N) is 1. The first-order chi connectivity index (χ1) is 10.9. The molecule has 0 bridgehead atoms. The summed E-state index contributed by atoms with van der Waals surface area (Å²) in [6, 6.07) is 5.78. The van der Waals surface area contributed by atoms with Crippen molar-refractivity contribution in [3.05, 3.63) is 30.1 Å². The third kappa shape index (κ3) is 6.94. The van der Waals surface area contributed by atoms with Gasteiger partial charge < -0.3 is 20.3 Å². The van der Waals surface area contributed by atoms with Crippen molar-refractivity contribution in [3.63, 3.8) is 0 Å². The van der Waals surface area contributed by atoms with E-state index in [2.05, 4.69) is 5.32 Å². The number of aliphatic hydroxyl groups excluding tert-OH is 2. The Hall–Kier alpha value is -1.70. The number of carbonyl (C=O) groups excluding carboxylic acids is 1. The number of aliphatic hydroxyl groups is 2. The number of hydrogen-bond donors (Lipinski definition) is 3. The topological polar surface area (TPSA) is 82.0 Å². The molecule has 6 nitrogen and oxygen atoms in total. The van der Waals surface area contributed by atoms with Crippen molar-refractivity contribution in [1.29, 1.82) is 0 Å². The highest BCUT2D eigenvalue weighted by Gasteiger charge is 2.27. The minimum Gasteiger partial charge on any atom is -0.492 e. The van der Waals surface area contributed by atoms with Crippen molar-refractivity contribution in [2.45, 2.75) is 19.4 Å². The number of hydrogen-bond acceptors (Lipinski definition) is 5. The lowest BCUT2D eigenvalue weighted by atomic mass is 10.0. The number of rotatable bonds is 10. The zero-order valence-corrected chi connectivity index (χ0v) is 13.6. The molecule has 0 aromatic heterocycles. The lowest BCUT2D eigenvalue weighted by molar-refractivity contribution is -0.124. The van der Waals surface area contributed by atoms with Crippen molar-refractivity contribution < 1.29 is 24.1 Å². The second-order valence-corrected chi connectivity index (χ2v) is 5.77. The van der Waals surface area contributed by atoms with E-state index < -0.39 is 5.54 Å². The smallest absolute Gasteiger partial charge is 0.234 e. The molecule has 0 radical (unpaired) electrons. The van der Waals surface area contributed by atoms with Crippen LogP contribution in [0.2, 0.25) is 0 Å². The van der Waals surface area contributed by atoms with E-state index in [0.717, 1.165) is 0 Å². The van der Waals surface area contributed by atoms with Gasteiger partial charge in [-0.15, -0.1) is 0 Å². The minimum absolute atomic E-state index is 0.0636. The number of benzene rings is 1. The molecule has 0 heterocycles. The molecule has 1 aromatic carbocycles. The third-order valence-corrected chi connectivity index (χ3v) is 3.44. The Bertz CT molecular complexity index is 497. The van der Waals surface area contributed by atoms with Gasteiger partial charge in [0.1, 0.15) is 18.2 Å². The van der Waals surface area contributed by atoms with E-state index in [1.54, 1.807) is 30.9 Å². The predicted molar refractivity (Wildman–Crippen MR) is 84.7 cm³/mol. The summed E-state index contributed by atoms with van der Waals surface area (Å²) in [6.07, 6.45) is 0. The van der Waals surface area contributed by atoms with E-state index >= 15 is 0 Å². The molecule has 1 rings (SSSR count). The standard InChI is InChI=1S/C16H25FN2O4/c1-16(2,12-21)19(7-8-20)11-15(22)18-6-9-23-14-5-3-4-13(17)10-14/h3-5,10,20-21H,6-9,11-12H2,1-2H3,(H,18,22). The van der Waals surface area contributed by atoms with Crippen LogP contribution in [0, 0.1) is 5.82 Å². The van der Waals surface area contributed by atoms with E-state index in [4.69, 9.17) is 9.84 Å². The van der Waals surface area contributed by atoms with E-state index in [1.165, 1.54) is 12.1 Å². The molecule has 3 N–H and O–H groups in total. The van der Waals surface area contributed by atoms with Crippen LogP contribution in [0.5, 0.6) is 5.75 Å². The first-order valence-electron chi connectivity index (χ1n) is 7.51. The Morgan fingerprint density at radius 2 is 2.13 bits per heavy atom. The molecule has 1 aromatic rings. The van der Waals surface area contributed by atoms with Gasteiger partial charge in [0.05, 0.1) is 26.3 Å². The van der Waals surface area contributed by atoms with Gasteiger partial charge in [-0.1, -0.05) is 6.07 Å². The van der Waals surface area contributed by atoms with Gasteiger partial charge in [0.25, 0.3) is 0 Å². The summed E-state index contributed by atoms with van der Waals surface area (Å²) in [5.41, 5.74) is -0.599. The first-order valence-corrected chi connectivity index (χ1v) is 7.51. The van der Waals surface area contributed by atoms with Gasteiger partial charge in [-0.3, -0.25) is 9.69 Å². The van der Waals surface area contributed by atoms with Crippen LogP contribution in [0.3, 0.4) is 0 Å². The molecule has 0 saturated heterocycles. The van der Waals surface area contributed by atoms with Gasteiger partial charge in [0, 0.05) is 18.2 Å². The molecule has 7 heteroatoms. The SMILES string of the molecule is CC(C)(CO)N(CCO)CC(=O)NCCOc1cccc(F)c1. The Morgan fingerprint density at radius 1 is 1.39 bits per heavy atom. The van der Waals surface area contributed by atoms with Crippen LogP contribution in [0.15, 0.2) is 24.3 Å². The molecule has 0 aliphatic heterocycles. The van der Waals surface area contributed by atoms with Crippen molar-refractivity contribution in [3.8, 4) is 5.75 Å². The van der Waals surface area contributed by atoms with Gasteiger partial charge in [0.15, 0.2) is 0 Å². The normalized spacial score (nSPS) is 11.6. The molecule has 0 unspecified atom stereocenters. The zero-order valence-electron chi connectivity index (χ0n) is 13.6. The lowest BCUT2D eigenvalue weighted by Crippen LogP contribution is -2.52. The zero-order chi connectivity index (χ0) is 17.3.